The highest BCUT2D eigenvalue weighted by molar-refractivity contribution is 6.32. The molecule has 0 spiro atoms. The first-order valence-corrected chi connectivity index (χ1v) is 6.70. The molecule has 17 heavy (non-hydrogen) atoms. The number of hydrogen-bond donors (Lipinski definition) is 0. The second-order valence-corrected chi connectivity index (χ2v) is 5.23. The molecule has 0 amide bonds. The van der Waals surface area contributed by atoms with Crippen LogP contribution in [0.1, 0.15) is 25.8 Å². The lowest BCUT2D eigenvalue weighted by atomic mass is 10.2. The van der Waals surface area contributed by atoms with Gasteiger partial charge in [-0.3, -0.25) is 4.90 Å². The van der Waals surface area contributed by atoms with Gasteiger partial charge in [0.1, 0.15) is 5.75 Å². The lowest BCUT2D eigenvalue weighted by molar-refractivity contribution is 0.319. The lowest BCUT2D eigenvalue weighted by Gasteiger charge is -2.16. The topological polar surface area (TPSA) is 12.5 Å². The van der Waals surface area contributed by atoms with Crippen LogP contribution in [0.5, 0.6) is 5.75 Å². The highest BCUT2D eigenvalue weighted by atomic mass is 35.5. The Hall–Kier alpha value is -0.730. The predicted molar refractivity (Wildman–Crippen MR) is 71.7 cm³/mol. The molecule has 1 atom stereocenters. The molecule has 0 radical (unpaired) electrons. The Kier molecular flexibility index (Phi) is 4.30. The van der Waals surface area contributed by atoms with Crippen LogP contribution >= 0.6 is 11.6 Å². The zero-order chi connectivity index (χ0) is 12.3. The molecule has 1 aliphatic rings. The molecule has 2 rings (SSSR count). The van der Waals surface area contributed by atoms with Crippen molar-refractivity contribution >= 4 is 11.6 Å². The second-order valence-electron chi connectivity index (χ2n) is 4.83. The number of nitrogens with zero attached hydrogens (tertiary/aromatic N) is 1. The standard InChI is InChI=1S/C14H20ClNO/c1-3-17-14-5-4-12(8-13(14)15)10-16-7-6-11(2)9-16/h4-5,8,11H,3,6-7,9-10H2,1-2H3. The Morgan fingerprint density at radius 1 is 1.47 bits per heavy atom. The molecule has 0 bridgehead atoms. The van der Waals surface area contributed by atoms with Gasteiger partial charge in [-0.2, -0.15) is 0 Å². The maximum absolute atomic E-state index is 6.18. The zero-order valence-corrected chi connectivity index (χ0v) is 11.3. The summed E-state index contributed by atoms with van der Waals surface area (Å²) >= 11 is 6.18. The smallest absolute Gasteiger partial charge is 0.137 e. The van der Waals surface area contributed by atoms with Crippen molar-refractivity contribution in [3.8, 4) is 5.75 Å². The highest BCUT2D eigenvalue weighted by Crippen LogP contribution is 2.27. The van der Waals surface area contributed by atoms with E-state index < -0.39 is 0 Å². The fourth-order valence-corrected chi connectivity index (χ4v) is 2.60. The monoisotopic (exact) mass is 253 g/mol. The Labute approximate surface area is 109 Å². The van der Waals surface area contributed by atoms with Gasteiger partial charge in [0.15, 0.2) is 0 Å². The van der Waals surface area contributed by atoms with E-state index in [0.717, 1.165) is 23.2 Å². The van der Waals surface area contributed by atoms with E-state index in [0.29, 0.717) is 6.61 Å². The van der Waals surface area contributed by atoms with Crippen molar-refractivity contribution in [2.24, 2.45) is 5.92 Å². The predicted octanol–water partition coefficient (Wildman–Crippen LogP) is 3.58. The Morgan fingerprint density at radius 3 is 2.88 bits per heavy atom. The summed E-state index contributed by atoms with van der Waals surface area (Å²) in [7, 11) is 0. The van der Waals surface area contributed by atoms with Gasteiger partial charge in [0.25, 0.3) is 0 Å². The van der Waals surface area contributed by atoms with Crippen LogP contribution in [0.2, 0.25) is 5.02 Å². The van der Waals surface area contributed by atoms with Crippen LogP contribution in [0, 0.1) is 5.92 Å². The van der Waals surface area contributed by atoms with E-state index in [1.54, 1.807) is 0 Å². The minimum atomic E-state index is 0.655. The minimum Gasteiger partial charge on any atom is -0.492 e. The Bertz CT molecular complexity index is 380. The molecule has 0 aromatic heterocycles. The molecule has 0 N–H and O–H groups in total. The first kappa shape index (κ1) is 12.7. The average Bonchev–Trinajstić information content (AvgIpc) is 2.68. The van der Waals surface area contributed by atoms with Crippen LogP contribution in [-0.2, 0) is 6.54 Å². The van der Waals surface area contributed by atoms with Gasteiger partial charge in [-0.05, 0) is 43.5 Å². The van der Waals surface area contributed by atoms with Gasteiger partial charge in [0.05, 0.1) is 11.6 Å². The molecule has 1 aliphatic heterocycles. The van der Waals surface area contributed by atoms with Crippen LogP contribution < -0.4 is 4.74 Å². The fourth-order valence-electron chi connectivity index (χ4n) is 2.34. The van der Waals surface area contributed by atoms with Crippen LogP contribution in [0.15, 0.2) is 18.2 Å². The van der Waals surface area contributed by atoms with Gasteiger partial charge in [-0.1, -0.05) is 24.6 Å². The van der Waals surface area contributed by atoms with E-state index in [-0.39, 0.29) is 0 Å². The van der Waals surface area contributed by atoms with Crippen LogP contribution in [-0.4, -0.2) is 24.6 Å². The largest absolute Gasteiger partial charge is 0.492 e. The summed E-state index contributed by atoms with van der Waals surface area (Å²) in [4.78, 5) is 2.48. The summed E-state index contributed by atoms with van der Waals surface area (Å²) in [6, 6.07) is 6.11. The molecular weight excluding hydrogens is 234 g/mol. The van der Waals surface area contributed by atoms with Crippen molar-refractivity contribution in [1.29, 1.82) is 0 Å². The maximum Gasteiger partial charge on any atom is 0.137 e. The number of likely N-dealkylation sites (tertiary alicyclic amines) is 1. The third-order valence-corrected chi connectivity index (χ3v) is 3.51. The van der Waals surface area contributed by atoms with Crippen molar-refractivity contribution in [3.63, 3.8) is 0 Å². The van der Waals surface area contributed by atoms with Crippen LogP contribution in [0.25, 0.3) is 0 Å². The quantitative estimate of drug-likeness (QED) is 0.813. The first-order valence-electron chi connectivity index (χ1n) is 6.32. The van der Waals surface area contributed by atoms with Crippen molar-refractivity contribution < 1.29 is 4.74 Å². The number of hydrogen-bond acceptors (Lipinski definition) is 2. The Balaban J connectivity index is 1.99. The number of ether oxygens (including phenoxy) is 1. The highest BCUT2D eigenvalue weighted by Gasteiger charge is 2.18. The summed E-state index contributed by atoms with van der Waals surface area (Å²) in [5.74, 6) is 1.61. The molecule has 1 aromatic carbocycles. The molecule has 3 heteroatoms. The Morgan fingerprint density at radius 2 is 2.29 bits per heavy atom. The molecule has 2 nitrogen and oxygen atoms in total. The molecule has 1 fully saturated rings. The van der Waals surface area contributed by atoms with E-state index in [4.69, 9.17) is 16.3 Å². The van der Waals surface area contributed by atoms with E-state index in [1.807, 2.05) is 19.1 Å². The number of rotatable bonds is 4. The molecule has 1 unspecified atom stereocenters. The molecule has 0 aliphatic carbocycles. The summed E-state index contributed by atoms with van der Waals surface area (Å²) < 4.78 is 5.43. The fraction of sp³-hybridized carbons (Fsp3) is 0.571. The van der Waals surface area contributed by atoms with Gasteiger partial charge in [0, 0.05) is 13.1 Å². The van der Waals surface area contributed by atoms with Crippen LogP contribution in [0.4, 0.5) is 0 Å². The zero-order valence-electron chi connectivity index (χ0n) is 10.6. The SMILES string of the molecule is CCOc1ccc(CN2CCC(C)C2)cc1Cl. The normalized spacial score (nSPS) is 20.8. The molecule has 0 saturated carbocycles. The van der Waals surface area contributed by atoms with Gasteiger partial charge in [-0.15, -0.1) is 0 Å². The molecular formula is C14H20ClNO. The third-order valence-electron chi connectivity index (χ3n) is 3.21. The third kappa shape index (κ3) is 3.36. The summed E-state index contributed by atoms with van der Waals surface area (Å²) in [5.41, 5.74) is 1.27. The van der Waals surface area contributed by atoms with Gasteiger partial charge >= 0.3 is 0 Å². The summed E-state index contributed by atoms with van der Waals surface area (Å²) in [6.07, 6.45) is 1.31. The van der Waals surface area contributed by atoms with E-state index >= 15 is 0 Å². The molecule has 1 aromatic rings. The van der Waals surface area contributed by atoms with Crippen LogP contribution in [0.3, 0.4) is 0 Å². The number of benzene rings is 1. The van der Waals surface area contributed by atoms with Gasteiger partial charge < -0.3 is 4.74 Å². The second kappa shape index (κ2) is 5.74. The average molecular weight is 254 g/mol. The van der Waals surface area contributed by atoms with Crippen molar-refractivity contribution in [3.05, 3.63) is 28.8 Å². The molecule has 94 valence electrons. The van der Waals surface area contributed by atoms with Gasteiger partial charge in [0.2, 0.25) is 0 Å². The van der Waals surface area contributed by atoms with Gasteiger partial charge in [-0.25, -0.2) is 0 Å². The summed E-state index contributed by atoms with van der Waals surface area (Å²) in [6.45, 7) is 8.33. The van der Waals surface area contributed by atoms with Crippen molar-refractivity contribution in [2.45, 2.75) is 26.8 Å². The number of halogens is 1. The van der Waals surface area contributed by atoms with E-state index in [2.05, 4.69) is 17.9 Å². The minimum absolute atomic E-state index is 0.655. The maximum atomic E-state index is 6.18. The summed E-state index contributed by atoms with van der Waals surface area (Å²) in [5, 5.41) is 0.719. The van der Waals surface area contributed by atoms with E-state index in [1.165, 1.54) is 25.1 Å². The van der Waals surface area contributed by atoms with Crippen molar-refractivity contribution in [2.75, 3.05) is 19.7 Å². The van der Waals surface area contributed by atoms with Crippen molar-refractivity contribution in [1.82, 2.24) is 4.90 Å². The molecule has 1 saturated heterocycles. The lowest BCUT2D eigenvalue weighted by Crippen LogP contribution is -2.19. The first-order chi connectivity index (χ1) is 8.19. The molecule has 1 heterocycles. The van der Waals surface area contributed by atoms with E-state index in [9.17, 15) is 0 Å².